The minimum Gasteiger partial charge on any atom is -0.475 e. The summed E-state index contributed by atoms with van der Waals surface area (Å²) in [5.41, 5.74) is 7.01. The van der Waals surface area contributed by atoms with Crippen LogP contribution in [0.25, 0.3) is 11.0 Å². The zero-order valence-corrected chi connectivity index (χ0v) is 27.4. The number of para-hydroxylation sites is 1. The molecule has 1 aromatic heterocycles. The Labute approximate surface area is 269 Å². The van der Waals surface area contributed by atoms with Gasteiger partial charge in [0.05, 0.1) is 12.1 Å². The number of carbonyl (C=O) groups is 4. The molecule has 2 aromatic rings. The van der Waals surface area contributed by atoms with Crippen molar-refractivity contribution in [3.05, 3.63) is 35.1 Å². The smallest absolute Gasteiger partial charge is 0.407 e. The van der Waals surface area contributed by atoms with Gasteiger partial charge in [0.2, 0.25) is 17.6 Å². The van der Waals surface area contributed by atoms with E-state index in [0.717, 1.165) is 32.1 Å². The number of likely N-dealkylation sites (tertiary alicyclic amines) is 1. The number of carboxylic acid groups (broad SMARTS) is 1. The van der Waals surface area contributed by atoms with E-state index < -0.39 is 54.3 Å². The molecule has 3 fully saturated rings. The number of rotatable bonds is 8. The molecule has 11 heteroatoms. The summed E-state index contributed by atoms with van der Waals surface area (Å²) in [5.74, 6) is -2.45. The maximum Gasteiger partial charge on any atom is 0.407 e. The van der Waals surface area contributed by atoms with Crippen LogP contribution >= 0.6 is 0 Å². The highest BCUT2D eigenvalue weighted by molar-refractivity contribution is 5.96. The third kappa shape index (κ3) is 6.88. The fraction of sp³-hybridized carbons (Fsp3) is 0.657. The van der Waals surface area contributed by atoms with Gasteiger partial charge in [0.15, 0.2) is 0 Å². The average molecular weight is 642 g/mol. The Bertz CT molecular complexity index is 1450. The van der Waals surface area contributed by atoms with Crippen LogP contribution in [-0.4, -0.2) is 58.2 Å². The Morgan fingerprint density at radius 3 is 2.35 bits per heavy atom. The van der Waals surface area contributed by atoms with Crippen molar-refractivity contribution < 1.29 is 37.8 Å². The highest BCUT2D eigenvalue weighted by Crippen LogP contribution is 2.50. The number of alkyl carbamates (subject to hydrolysis) is 1. The number of hydrogen-bond acceptors (Lipinski definition) is 6. The minimum absolute atomic E-state index is 0.123. The van der Waals surface area contributed by atoms with E-state index >= 15 is 0 Å². The zero-order valence-electron chi connectivity index (χ0n) is 27.4. The van der Waals surface area contributed by atoms with E-state index in [4.69, 9.17) is 14.9 Å². The summed E-state index contributed by atoms with van der Waals surface area (Å²) < 4.78 is 25.4. The Kier molecular flexibility index (Phi) is 9.98. The molecule has 4 N–H and O–H groups in total. The van der Waals surface area contributed by atoms with E-state index in [1.54, 1.807) is 32.6 Å². The van der Waals surface area contributed by atoms with Crippen LogP contribution < -0.4 is 11.1 Å². The molecule has 2 heterocycles. The number of amides is 3. The molecular weight excluding hydrogens is 593 g/mol. The van der Waals surface area contributed by atoms with Gasteiger partial charge >= 0.3 is 12.1 Å². The van der Waals surface area contributed by atoms with Gasteiger partial charge < -0.3 is 30.2 Å². The number of aryl methyl sites for hydroxylation is 1. The molecule has 2 aliphatic carbocycles. The lowest BCUT2D eigenvalue weighted by Gasteiger charge is -2.38. The van der Waals surface area contributed by atoms with Crippen molar-refractivity contribution in [1.82, 2.24) is 10.2 Å². The van der Waals surface area contributed by atoms with E-state index in [1.807, 2.05) is 18.2 Å². The monoisotopic (exact) mass is 641 g/mol. The molecule has 3 aliphatic rings. The summed E-state index contributed by atoms with van der Waals surface area (Å²) >= 11 is 0. The number of fused-ring (bicyclic) bond motifs is 1. The van der Waals surface area contributed by atoms with Crippen molar-refractivity contribution in [2.24, 2.45) is 29.4 Å². The number of benzene rings is 1. The first-order valence-corrected chi connectivity index (χ1v) is 16.7. The average Bonchev–Trinajstić information content (AvgIpc) is 3.58. The SMILES string of the molecule is Cc1c(C(=O)O)oc2c(C3C[C@@H](C4CCCCC4)[C@@H](C(N)=O)N3C(=O)C3CCC([C@@H](CF)NC(=O)OC(C)(C)C)CC3)cccc12. The molecule has 0 bridgehead atoms. The first-order chi connectivity index (χ1) is 21.8. The first-order valence-electron chi connectivity index (χ1n) is 16.7. The molecule has 10 nitrogen and oxygen atoms in total. The van der Waals surface area contributed by atoms with Crippen LogP contribution in [0.2, 0.25) is 0 Å². The molecule has 252 valence electrons. The van der Waals surface area contributed by atoms with Gasteiger partial charge in [-0.3, -0.25) is 9.59 Å². The number of carbonyl (C=O) groups excluding carboxylic acids is 3. The molecule has 3 amide bonds. The molecular formula is C35H48FN3O7. The molecule has 46 heavy (non-hydrogen) atoms. The fourth-order valence-corrected chi connectivity index (χ4v) is 8.28. The predicted octanol–water partition coefficient (Wildman–Crippen LogP) is 6.43. The molecule has 1 aromatic carbocycles. The van der Waals surface area contributed by atoms with Gasteiger partial charge in [-0.15, -0.1) is 0 Å². The normalized spacial score (nSPS) is 26.5. The van der Waals surface area contributed by atoms with E-state index in [1.165, 1.54) is 0 Å². The van der Waals surface area contributed by atoms with Gasteiger partial charge in [-0.1, -0.05) is 50.3 Å². The lowest BCUT2D eigenvalue weighted by atomic mass is 9.75. The maximum atomic E-state index is 14.6. The number of ether oxygens (including phenoxy) is 1. The second-order valence-corrected chi connectivity index (χ2v) is 14.5. The predicted molar refractivity (Wildman–Crippen MR) is 170 cm³/mol. The number of nitrogens with zero attached hydrogens (tertiary/aromatic N) is 1. The number of carboxylic acids is 1. The van der Waals surface area contributed by atoms with Crippen LogP contribution in [-0.2, 0) is 14.3 Å². The van der Waals surface area contributed by atoms with Crippen molar-refractivity contribution in [3.63, 3.8) is 0 Å². The number of nitrogens with two attached hydrogens (primary N) is 1. The van der Waals surface area contributed by atoms with Crippen molar-refractivity contribution in [1.29, 1.82) is 0 Å². The van der Waals surface area contributed by atoms with Crippen LogP contribution in [0.5, 0.6) is 0 Å². The Morgan fingerprint density at radius 2 is 1.76 bits per heavy atom. The van der Waals surface area contributed by atoms with E-state index in [2.05, 4.69) is 5.32 Å². The number of hydrogen-bond donors (Lipinski definition) is 3. The molecule has 1 aliphatic heterocycles. The molecule has 0 radical (unpaired) electrons. The third-order valence-corrected chi connectivity index (χ3v) is 10.4. The summed E-state index contributed by atoms with van der Waals surface area (Å²) in [5, 5.41) is 13.1. The Hall–Kier alpha value is -3.63. The molecule has 5 rings (SSSR count). The van der Waals surface area contributed by atoms with Crippen LogP contribution in [0.1, 0.15) is 113 Å². The van der Waals surface area contributed by atoms with Crippen LogP contribution in [0.15, 0.2) is 22.6 Å². The largest absolute Gasteiger partial charge is 0.475 e. The summed E-state index contributed by atoms with van der Waals surface area (Å²) in [6.07, 6.45) is 7.10. The molecule has 1 unspecified atom stereocenters. The number of primary amides is 1. The van der Waals surface area contributed by atoms with Crippen molar-refractivity contribution >= 4 is 34.8 Å². The topological polar surface area (TPSA) is 152 Å². The zero-order chi connectivity index (χ0) is 33.3. The van der Waals surface area contributed by atoms with Crippen molar-refractivity contribution in [2.75, 3.05) is 6.67 Å². The summed E-state index contributed by atoms with van der Waals surface area (Å²) in [6.45, 7) is 6.20. The first kappa shape index (κ1) is 33.7. The summed E-state index contributed by atoms with van der Waals surface area (Å²) in [4.78, 5) is 53.8. The Morgan fingerprint density at radius 1 is 1.09 bits per heavy atom. The second kappa shape index (κ2) is 13.6. The number of alkyl halides is 1. The lowest BCUT2D eigenvalue weighted by molar-refractivity contribution is -0.145. The quantitative estimate of drug-likeness (QED) is 0.300. The fourth-order valence-electron chi connectivity index (χ4n) is 8.28. The number of nitrogens with one attached hydrogen (secondary N) is 1. The lowest BCUT2D eigenvalue weighted by Crippen LogP contribution is -2.51. The summed E-state index contributed by atoms with van der Waals surface area (Å²) in [6, 6.07) is 3.47. The minimum atomic E-state index is -1.17. The Balaban J connectivity index is 1.43. The highest BCUT2D eigenvalue weighted by atomic mass is 19.1. The third-order valence-electron chi connectivity index (χ3n) is 10.4. The molecule has 1 saturated heterocycles. The van der Waals surface area contributed by atoms with Gasteiger partial charge in [-0.2, -0.15) is 0 Å². The standard InChI is InChI=1S/C35H48FN3O7/c1-19-23-11-8-12-24(30(23)45-29(19)33(42)43)27-17-25(20-9-6-5-7-10-20)28(31(37)40)39(27)32(41)22-15-13-21(14-16-22)26(18-36)38-34(44)46-35(2,3)4/h8,11-12,20-22,25-28H,5-7,9-10,13-18H2,1-4H3,(H2,37,40)(H,38,44)(H,42,43)/t21?,22?,25-,26+,27?,28-/m0/s1. The van der Waals surface area contributed by atoms with Gasteiger partial charge in [0, 0.05) is 22.4 Å². The molecule has 0 spiro atoms. The van der Waals surface area contributed by atoms with Gasteiger partial charge in [0.25, 0.3) is 0 Å². The van der Waals surface area contributed by atoms with Gasteiger partial charge in [-0.25, -0.2) is 14.0 Å². The van der Waals surface area contributed by atoms with Crippen molar-refractivity contribution in [3.8, 4) is 0 Å². The number of furan rings is 1. The van der Waals surface area contributed by atoms with Crippen LogP contribution in [0, 0.1) is 30.6 Å². The summed E-state index contributed by atoms with van der Waals surface area (Å²) in [7, 11) is 0. The van der Waals surface area contributed by atoms with E-state index in [-0.39, 0.29) is 29.4 Å². The molecule has 4 atom stereocenters. The van der Waals surface area contributed by atoms with E-state index in [9.17, 15) is 28.7 Å². The van der Waals surface area contributed by atoms with Crippen LogP contribution in [0.4, 0.5) is 9.18 Å². The van der Waals surface area contributed by atoms with E-state index in [0.29, 0.717) is 54.2 Å². The van der Waals surface area contributed by atoms with Gasteiger partial charge in [-0.05, 0) is 77.6 Å². The number of halogens is 1. The molecule has 2 saturated carbocycles. The second-order valence-electron chi connectivity index (χ2n) is 14.5. The van der Waals surface area contributed by atoms with Gasteiger partial charge in [0.1, 0.15) is 23.9 Å². The van der Waals surface area contributed by atoms with Crippen LogP contribution in [0.3, 0.4) is 0 Å². The number of aromatic carboxylic acids is 1. The highest BCUT2D eigenvalue weighted by Gasteiger charge is 2.52. The van der Waals surface area contributed by atoms with Crippen molar-refractivity contribution in [2.45, 2.75) is 116 Å². The maximum absolute atomic E-state index is 14.6.